The van der Waals surface area contributed by atoms with E-state index in [4.69, 9.17) is 4.74 Å². The maximum Gasteiger partial charge on any atom is 0.222 e. The van der Waals surface area contributed by atoms with Gasteiger partial charge in [-0.25, -0.2) is 9.97 Å². The van der Waals surface area contributed by atoms with E-state index >= 15 is 0 Å². The molecule has 32 heavy (non-hydrogen) atoms. The van der Waals surface area contributed by atoms with Gasteiger partial charge in [0.15, 0.2) is 0 Å². The summed E-state index contributed by atoms with van der Waals surface area (Å²) in [5.41, 5.74) is 4.46. The molecule has 4 rings (SSSR count). The van der Waals surface area contributed by atoms with Crippen LogP contribution in [0.2, 0.25) is 0 Å². The standard InChI is InChI=1S/C25H26N4O2S/c1-16-8-10-18(11-9-16)22-17(2)32-25-23(22)24(28-15-29-25)26-13-12-21(30)27-14-19-6-4-5-7-20(19)31-3/h4-11,15H,12-14H2,1-3H3,(H,27,30)(H,26,28,29). The molecule has 0 bridgehead atoms. The van der Waals surface area contributed by atoms with E-state index < -0.39 is 0 Å². The Morgan fingerprint density at radius 2 is 1.84 bits per heavy atom. The lowest BCUT2D eigenvalue weighted by Gasteiger charge is -2.11. The molecule has 0 saturated heterocycles. The Balaban J connectivity index is 1.44. The number of anilines is 1. The highest BCUT2D eigenvalue weighted by Gasteiger charge is 2.17. The number of methoxy groups -OCH3 is 1. The van der Waals surface area contributed by atoms with Gasteiger partial charge < -0.3 is 15.4 Å². The Kier molecular flexibility index (Phi) is 6.66. The molecule has 2 aromatic heterocycles. The fourth-order valence-corrected chi connectivity index (χ4v) is 4.68. The van der Waals surface area contributed by atoms with Crippen LogP contribution >= 0.6 is 11.3 Å². The van der Waals surface area contributed by atoms with E-state index in [2.05, 4.69) is 58.7 Å². The van der Waals surface area contributed by atoms with Gasteiger partial charge in [0, 0.05) is 35.5 Å². The van der Waals surface area contributed by atoms with Crippen molar-refractivity contribution in [3.8, 4) is 16.9 Å². The van der Waals surface area contributed by atoms with E-state index in [0.717, 1.165) is 38.5 Å². The van der Waals surface area contributed by atoms with Gasteiger partial charge in [0.05, 0.1) is 12.5 Å². The second kappa shape index (κ2) is 9.78. The van der Waals surface area contributed by atoms with E-state index in [0.29, 0.717) is 19.5 Å². The van der Waals surface area contributed by atoms with E-state index in [-0.39, 0.29) is 5.91 Å². The summed E-state index contributed by atoms with van der Waals surface area (Å²) in [4.78, 5) is 23.4. The summed E-state index contributed by atoms with van der Waals surface area (Å²) >= 11 is 1.66. The second-order valence-corrected chi connectivity index (χ2v) is 8.77. The number of aromatic nitrogens is 2. The quantitative estimate of drug-likeness (QED) is 0.394. The molecule has 2 N–H and O–H groups in total. The minimum atomic E-state index is -0.0334. The van der Waals surface area contributed by atoms with Gasteiger partial charge in [-0.2, -0.15) is 0 Å². The van der Waals surface area contributed by atoms with Crippen LogP contribution in [-0.2, 0) is 11.3 Å². The first-order valence-corrected chi connectivity index (χ1v) is 11.3. The normalized spacial score (nSPS) is 10.8. The first-order chi connectivity index (χ1) is 15.6. The number of carbonyl (C=O) groups is 1. The number of hydrogen-bond acceptors (Lipinski definition) is 6. The molecule has 0 aliphatic rings. The predicted molar refractivity (Wildman–Crippen MR) is 130 cm³/mol. The van der Waals surface area contributed by atoms with Crippen molar-refractivity contribution in [2.75, 3.05) is 19.0 Å². The van der Waals surface area contributed by atoms with Crippen molar-refractivity contribution in [3.63, 3.8) is 0 Å². The molecule has 0 spiro atoms. The summed E-state index contributed by atoms with van der Waals surface area (Å²) in [5.74, 6) is 1.49. The van der Waals surface area contributed by atoms with Gasteiger partial charge in [-0.15, -0.1) is 11.3 Å². The molecule has 0 fully saturated rings. The first-order valence-electron chi connectivity index (χ1n) is 10.5. The molecule has 0 aliphatic heterocycles. The zero-order chi connectivity index (χ0) is 22.5. The van der Waals surface area contributed by atoms with Crippen LogP contribution in [0, 0.1) is 13.8 Å². The predicted octanol–water partition coefficient (Wildman–Crippen LogP) is 5.10. The van der Waals surface area contributed by atoms with Crippen LogP contribution in [0.1, 0.15) is 22.4 Å². The Morgan fingerprint density at radius 3 is 2.62 bits per heavy atom. The van der Waals surface area contributed by atoms with Gasteiger partial charge in [-0.3, -0.25) is 4.79 Å². The molecular formula is C25H26N4O2S. The van der Waals surface area contributed by atoms with Crippen LogP contribution in [0.5, 0.6) is 5.75 Å². The third kappa shape index (κ3) is 4.73. The second-order valence-electron chi connectivity index (χ2n) is 7.57. The number of thiophene rings is 1. The molecule has 4 aromatic rings. The SMILES string of the molecule is COc1ccccc1CNC(=O)CCNc1ncnc2sc(C)c(-c3ccc(C)cc3)c12. The average Bonchev–Trinajstić information content (AvgIpc) is 3.15. The number of nitrogens with one attached hydrogen (secondary N) is 2. The zero-order valence-electron chi connectivity index (χ0n) is 18.4. The average molecular weight is 447 g/mol. The molecule has 6 nitrogen and oxygen atoms in total. The maximum atomic E-state index is 12.4. The number of carbonyl (C=O) groups excluding carboxylic acids is 1. The Bertz CT molecular complexity index is 1230. The van der Waals surface area contributed by atoms with Gasteiger partial charge in [-0.05, 0) is 25.5 Å². The lowest BCUT2D eigenvalue weighted by atomic mass is 10.0. The molecule has 1 amide bonds. The number of amides is 1. The summed E-state index contributed by atoms with van der Waals surface area (Å²) in [5, 5.41) is 7.31. The topological polar surface area (TPSA) is 76.1 Å². The van der Waals surface area contributed by atoms with Crippen molar-refractivity contribution in [2.45, 2.75) is 26.8 Å². The molecule has 0 aliphatic carbocycles. The number of fused-ring (bicyclic) bond motifs is 1. The van der Waals surface area contributed by atoms with Crippen LogP contribution in [0.15, 0.2) is 54.9 Å². The van der Waals surface area contributed by atoms with Gasteiger partial charge >= 0.3 is 0 Å². The lowest BCUT2D eigenvalue weighted by Crippen LogP contribution is -2.25. The largest absolute Gasteiger partial charge is 0.496 e. The molecule has 7 heteroatoms. The van der Waals surface area contributed by atoms with Crippen molar-refractivity contribution in [1.29, 1.82) is 0 Å². The maximum absolute atomic E-state index is 12.4. The Labute approximate surface area is 191 Å². The number of hydrogen-bond donors (Lipinski definition) is 2. The summed E-state index contributed by atoms with van der Waals surface area (Å²) in [6, 6.07) is 16.2. The molecule has 0 radical (unpaired) electrons. The van der Waals surface area contributed by atoms with E-state index in [1.165, 1.54) is 10.4 Å². The number of para-hydroxylation sites is 1. The van der Waals surface area contributed by atoms with Crippen molar-refractivity contribution in [2.24, 2.45) is 0 Å². The highest BCUT2D eigenvalue weighted by Crippen LogP contribution is 2.40. The van der Waals surface area contributed by atoms with Crippen LogP contribution in [0.25, 0.3) is 21.3 Å². The van der Waals surface area contributed by atoms with Crippen molar-refractivity contribution in [3.05, 3.63) is 70.9 Å². The van der Waals surface area contributed by atoms with Crippen molar-refractivity contribution < 1.29 is 9.53 Å². The fourth-order valence-electron chi connectivity index (χ4n) is 3.67. The van der Waals surface area contributed by atoms with E-state index in [1.54, 1.807) is 24.8 Å². The third-order valence-electron chi connectivity index (χ3n) is 5.32. The number of aryl methyl sites for hydroxylation is 2. The first kappa shape index (κ1) is 21.8. The number of rotatable bonds is 8. The molecular weight excluding hydrogens is 420 g/mol. The molecule has 0 atom stereocenters. The summed E-state index contributed by atoms with van der Waals surface area (Å²) in [6.45, 7) is 5.10. The molecule has 0 unspecified atom stereocenters. The summed E-state index contributed by atoms with van der Waals surface area (Å²) in [7, 11) is 1.63. The number of nitrogens with zero attached hydrogens (tertiary/aromatic N) is 2. The highest BCUT2D eigenvalue weighted by atomic mass is 32.1. The van der Waals surface area contributed by atoms with Gasteiger partial charge in [0.25, 0.3) is 0 Å². The fraction of sp³-hybridized carbons (Fsp3) is 0.240. The monoisotopic (exact) mass is 446 g/mol. The van der Waals surface area contributed by atoms with Crippen molar-refractivity contribution >= 4 is 33.3 Å². The lowest BCUT2D eigenvalue weighted by molar-refractivity contribution is -0.121. The third-order valence-corrected chi connectivity index (χ3v) is 6.33. The van der Waals surface area contributed by atoms with E-state index in [1.807, 2.05) is 24.3 Å². The van der Waals surface area contributed by atoms with Gasteiger partial charge in [0.1, 0.15) is 22.7 Å². The minimum Gasteiger partial charge on any atom is -0.496 e. The van der Waals surface area contributed by atoms with Crippen LogP contribution in [0.4, 0.5) is 5.82 Å². The smallest absolute Gasteiger partial charge is 0.222 e. The van der Waals surface area contributed by atoms with Gasteiger partial charge in [-0.1, -0.05) is 48.0 Å². The van der Waals surface area contributed by atoms with Crippen LogP contribution < -0.4 is 15.4 Å². The Hall–Kier alpha value is -3.45. The summed E-state index contributed by atoms with van der Waals surface area (Å²) < 4.78 is 5.34. The van der Waals surface area contributed by atoms with Crippen LogP contribution in [0.3, 0.4) is 0 Å². The minimum absolute atomic E-state index is 0.0334. The molecule has 0 saturated carbocycles. The molecule has 164 valence electrons. The number of ether oxygens (including phenoxy) is 1. The molecule has 2 aromatic carbocycles. The Morgan fingerprint density at radius 1 is 1.06 bits per heavy atom. The summed E-state index contributed by atoms with van der Waals surface area (Å²) in [6.07, 6.45) is 1.91. The van der Waals surface area contributed by atoms with Crippen LogP contribution in [-0.4, -0.2) is 29.5 Å². The highest BCUT2D eigenvalue weighted by molar-refractivity contribution is 7.19. The molecule has 2 heterocycles. The number of benzene rings is 2. The van der Waals surface area contributed by atoms with Gasteiger partial charge in [0.2, 0.25) is 5.91 Å². The zero-order valence-corrected chi connectivity index (χ0v) is 19.3. The van der Waals surface area contributed by atoms with E-state index in [9.17, 15) is 4.79 Å². The van der Waals surface area contributed by atoms with Crippen molar-refractivity contribution in [1.82, 2.24) is 15.3 Å².